The van der Waals surface area contributed by atoms with Gasteiger partial charge in [0.1, 0.15) is 6.61 Å². The molecule has 5 nitrogen and oxygen atoms in total. The molecule has 4 fully saturated rings. The number of carbonyl (C=O) groups excluding carboxylic acids is 2. The molecule has 1 saturated heterocycles. The highest BCUT2D eigenvalue weighted by Crippen LogP contribution is 2.65. The van der Waals surface area contributed by atoms with Gasteiger partial charge in [0.2, 0.25) is 11.8 Å². The fourth-order valence-corrected chi connectivity index (χ4v) is 8.77. The van der Waals surface area contributed by atoms with E-state index in [9.17, 15) is 9.59 Å². The van der Waals surface area contributed by atoms with Gasteiger partial charge in [0.25, 0.3) is 0 Å². The maximum atomic E-state index is 12.5. The Hall–Kier alpha value is -1.30. The lowest BCUT2D eigenvalue weighted by Crippen LogP contribution is -2.61. The van der Waals surface area contributed by atoms with Crippen molar-refractivity contribution in [2.45, 2.75) is 83.9 Å². The molecule has 1 aromatic carbocycles. The zero-order valence-electron chi connectivity index (χ0n) is 21.1. The summed E-state index contributed by atoms with van der Waals surface area (Å²) < 4.78 is 6.30. The Kier molecular flexibility index (Phi) is 6.91. The van der Waals surface area contributed by atoms with Crippen molar-refractivity contribution in [3.8, 4) is 0 Å². The van der Waals surface area contributed by atoms with E-state index in [0.29, 0.717) is 52.7 Å². The number of benzene rings is 1. The lowest BCUT2D eigenvalue weighted by molar-refractivity contribution is -0.162. The van der Waals surface area contributed by atoms with Crippen LogP contribution in [0.5, 0.6) is 0 Å². The number of ether oxygens (including phenoxy) is 1. The number of piperidine rings is 1. The molecule has 0 radical (unpaired) electrons. The molecule has 3 aliphatic carbocycles. The number of hydrogen-bond acceptors (Lipinski definition) is 3. The Morgan fingerprint density at radius 2 is 1.83 bits per heavy atom. The van der Waals surface area contributed by atoms with Gasteiger partial charge in [0, 0.05) is 26.1 Å². The van der Waals surface area contributed by atoms with Gasteiger partial charge >= 0.3 is 0 Å². The molecule has 0 aromatic heterocycles. The zero-order chi connectivity index (χ0) is 25.0. The quantitative estimate of drug-likeness (QED) is 0.528. The summed E-state index contributed by atoms with van der Waals surface area (Å²) in [7, 11) is 2.02. The summed E-state index contributed by atoms with van der Waals surface area (Å²) in [6, 6.07) is 5.78. The molecule has 1 heterocycles. The number of fused-ring (bicyclic) bond motifs is 5. The normalized spacial score (nSPS) is 38.5. The third-order valence-corrected chi connectivity index (χ3v) is 11.1. The molecule has 7 heteroatoms. The van der Waals surface area contributed by atoms with Crippen LogP contribution < -0.4 is 5.32 Å². The first-order chi connectivity index (χ1) is 16.6. The largest absolute Gasteiger partial charge is 0.368 e. The van der Waals surface area contributed by atoms with Crippen LogP contribution >= 0.6 is 23.2 Å². The second-order valence-electron chi connectivity index (χ2n) is 11.9. The van der Waals surface area contributed by atoms with Crippen molar-refractivity contribution in [2.75, 3.05) is 13.7 Å². The van der Waals surface area contributed by atoms with Crippen molar-refractivity contribution in [3.63, 3.8) is 0 Å². The van der Waals surface area contributed by atoms with E-state index >= 15 is 0 Å². The Bertz CT molecular complexity index is 1000. The van der Waals surface area contributed by atoms with Crippen LogP contribution in [0.1, 0.15) is 70.8 Å². The fraction of sp³-hybridized carbons (Fsp3) is 0.714. The predicted molar refractivity (Wildman–Crippen MR) is 138 cm³/mol. The number of halogens is 2. The maximum absolute atomic E-state index is 12.5. The van der Waals surface area contributed by atoms with Crippen molar-refractivity contribution < 1.29 is 14.3 Å². The van der Waals surface area contributed by atoms with Gasteiger partial charge in [-0.1, -0.05) is 43.1 Å². The summed E-state index contributed by atoms with van der Waals surface area (Å²) >= 11 is 12.1. The van der Waals surface area contributed by atoms with Gasteiger partial charge in [-0.2, -0.15) is 0 Å². The van der Waals surface area contributed by atoms with Crippen LogP contribution in [-0.4, -0.2) is 42.5 Å². The SMILES string of the molecule is CN1C(=O)CC[C@]2(C)[C@H]3CC[C@]4(C)[C@@H](OCC(=O)NCc5ccc(Cl)c(Cl)c5)CC[C@H]4[C@@H]3CC[C@@H]12. The highest BCUT2D eigenvalue weighted by molar-refractivity contribution is 6.42. The second kappa shape index (κ2) is 9.54. The number of hydrogen-bond donors (Lipinski definition) is 1. The topological polar surface area (TPSA) is 58.6 Å². The van der Waals surface area contributed by atoms with Gasteiger partial charge < -0.3 is 15.0 Å². The van der Waals surface area contributed by atoms with Gasteiger partial charge in [0.15, 0.2) is 0 Å². The number of amides is 2. The minimum Gasteiger partial charge on any atom is -0.368 e. The number of likely N-dealkylation sites (tertiary alicyclic amines) is 1. The summed E-state index contributed by atoms with van der Waals surface area (Å²) in [5, 5.41) is 3.95. The lowest BCUT2D eigenvalue weighted by Gasteiger charge is -2.61. The van der Waals surface area contributed by atoms with E-state index in [-0.39, 0.29) is 29.4 Å². The number of nitrogens with one attached hydrogen (secondary N) is 1. The van der Waals surface area contributed by atoms with Gasteiger partial charge in [0.05, 0.1) is 16.1 Å². The van der Waals surface area contributed by atoms with Gasteiger partial charge in [-0.25, -0.2) is 0 Å². The predicted octanol–water partition coefficient (Wildman–Crippen LogP) is 5.86. The smallest absolute Gasteiger partial charge is 0.246 e. The molecule has 5 rings (SSSR count). The van der Waals surface area contributed by atoms with Crippen LogP contribution in [0.15, 0.2) is 18.2 Å². The third-order valence-electron chi connectivity index (χ3n) is 10.4. The van der Waals surface area contributed by atoms with E-state index in [1.165, 1.54) is 19.3 Å². The molecular weight excluding hydrogens is 483 g/mol. The van der Waals surface area contributed by atoms with E-state index in [1.807, 2.05) is 13.1 Å². The Morgan fingerprint density at radius 1 is 1.06 bits per heavy atom. The van der Waals surface area contributed by atoms with Crippen LogP contribution in [0.25, 0.3) is 0 Å². The first kappa shape index (κ1) is 25.4. The summed E-state index contributed by atoms with van der Waals surface area (Å²) in [5.74, 6) is 2.25. The van der Waals surface area contributed by atoms with Crippen molar-refractivity contribution >= 4 is 35.0 Å². The highest BCUT2D eigenvalue weighted by Gasteiger charge is 2.61. The summed E-state index contributed by atoms with van der Waals surface area (Å²) in [6.45, 7) is 5.37. The van der Waals surface area contributed by atoms with Crippen LogP contribution in [0.4, 0.5) is 0 Å². The number of carbonyl (C=O) groups is 2. The van der Waals surface area contributed by atoms with E-state index in [4.69, 9.17) is 27.9 Å². The minimum atomic E-state index is -0.0975. The molecular formula is C28H38Cl2N2O3. The van der Waals surface area contributed by atoms with Gasteiger partial charge in [-0.15, -0.1) is 0 Å². The lowest BCUT2D eigenvalue weighted by atomic mass is 9.47. The Labute approximate surface area is 219 Å². The standard InChI is InChI=1S/C28H38Cl2N2O3/c1-27-13-11-26(34)32(3)23(27)8-5-18-19-6-9-24(28(19,2)12-10-20(18)27)35-16-25(33)31-15-17-4-7-21(29)22(30)14-17/h4,7,14,18-20,23-24H,5-6,8-13,15-16H2,1-3H3,(H,31,33)/t18-,19-,20-,23+,24-,27+,28-/m0/s1. The van der Waals surface area contributed by atoms with Gasteiger partial charge in [-0.3, -0.25) is 9.59 Å². The molecule has 0 unspecified atom stereocenters. The maximum Gasteiger partial charge on any atom is 0.246 e. The van der Waals surface area contributed by atoms with E-state index in [2.05, 4.69) is 24.1 Å². The average Bonchev–Trinajstić information content (AvgIpc) is 3.17. The van der Waals surface area contributed by atoms with E-state index in [1.54, 1.807) is 12.1 Å². The van der Waals surface area contributed by atoms with Crippen molar-refractivity contribution in [1.82, 2.24) is 10.2 Å². The van der Waals surface area contributed by atoms with Crippen LogP contribution in [0.3, 0.4) is 0 Å². The summed E-state index contributed by atoms with van der Waals surface area (Å²) in [4.78, 5) is 27.0. The molecule has 0 spiro atoms. The van der Waals surface area contributed by atoms with Crippen LogP contribution in [0, 0.1) is 28.6 Å². The molecule has 4 aliphatic rings. The summed E-state index contributed by atoms with van der Waals surface area (Å²) in [5.41, 5.74) is 1.28. The molecule has 2 amide bonds. The third kappa shape index (κ3) is 4.40. The Morgan fingerprint density at radius 3 is 2.60 bits per heavy atom. The molecule has 192 valence electrons. The second-order valence-corrected chi connectivity index (χ2v) is 12.7. The Balaban J connectivity index is 1.19. The first-order valence-electron chi connectivity index (χ1n) is 13.2. The van der Waals surface area contributed by atoms with E-state index < -0.39 is 0 Å². The molecule has 1 aromatic rings. The molecule has 3 saturated carbocycles. The number of nitrogens with zero attached hydrogens (tertiary/aromatic N) is 1. The van der Waals surface area contributed by atoms with Gasteiger partial charge in [-0.05, 0) is 91.2 Å². The molecule has 1 N–H and O–H groups in total. The molecule has 0 bridgehead atoms. The number of rotatable bonds is 5. The monoisotopic (exact) mass is 520 g/mol. The molecule has 35 heavy (non-hydrogen) atoms. The van der Waals surface area contributed by atoms with E-state index in [0.717, 1.165) is 31.2 Å². The first-order valence-corrected chi connectivity index (χ1v) is 14.0. The highest BCUT2D eigenvalue weighted by atomic mass is 35.5. The molecule has 1 aliphatic heterocycles. The molecule has 7 atom stereocenters. The van der Waals surface area contributed by atoms with Crippen LogP contribution in [0.2, 0.25) is 10.0 Å². The van der Waals surface area contributed by atoms with Crippen LogP contribution in [-0.2, 0) is 20.9 Å². The van der Waals surface area contributed by atoms with Crippen molar-refractivity contribution in [3.05, 3.63) is 33.8 Å². The fourth-order valence-electron chi connectivity index (χ4n) is 8.45. The van der Waals surface area contributed by atoms with Crippen molar-refractivity contribution in [2.24, 2.45) is 28.6 Å². The summed E-state index contributed by atoms with van der Waals surface area (Å²) in [6.07, 6.45) is 8.75. The zero-order valence-corrected chi connectivity index (χ0v) is 22.6. The average molecular weight is 522 g/mol. The van der Waals surface area contributed by atoms with Crippen molar-refractivity contribution in [1.29, 1.82) is 0 Å². The minimum absolute atomic E-state index is 0.0924.